The largest absolute Gasteiger partial charge is 0.489 e. The van der Waals surface area contributed by atoms with Gasteiger partial charge in [-0.2, -0.15) is 5.10 Å². The minimum absolute atomic E-state index is 0.0271. The highest BCUT2D eigenvalue weighted by Crippen LogP contribution is 2.27. The first-order valence-corrected chi connectivity index (χ1v) is 7.47. The molecule has 2 rings (SSSR count). The molecule has 2 N–H and O–H groups in total. The van der Waals surface area contributed by atoms with Crippen LogP contribution in [0.1, 0.15) is 37.0 Å². The summed E-state index contributed by atoms with van der Waals surface area (Å²) >= 11 is 0. The number of ether oxygens (including phenoxy) is 1. The molecule has 2 amide bonds. The molecule has 0 bridgehead atoms. The van der Waals surface area contributed by atoms with Gasteiger partial charge in [0.1, 0.15) is 11.5 Å². The molecular weight excluding hydrogens is 314 g/mol. The van der Waals surface area contributed by atoms with Gasteiger partial charge < -0.3 is 15.2 Å². The second-order valence-corrected chi connectivity index (χ2v) is 5.60. The van der Waals surface area contributed by atoms with Crippen LogP contribution in [0.25, 0.3) is 0 Å². The predicted molar refractivity (Wildman–Crippen MR) is 87.2 cm³/mol. The quantitative estimate of drug-likeness (QED) is 0.853. The fraction of sp³-hybridized carbons (Fsp3) is 0.375. The van der Waals surface area contributed by atoms with Crippen molar-refractivity contribution in [3.63, 3.8) is 0 Å². The molecule has 0 saturated heterocycles. The molecule has 0 saturated carbocycles. The van der Waals surface area contributed by atoms with Crippen LogP contribution in [0.15, 0.2) is 23.3 Å². The van der Waals surface area contributed by atoms with Gasteiger partial charge >= 0.3 is 5.97 Å². The third-order valence-electron chi connectivity index (χ3n) is 3.31. The fourth-order valence-corrected chi connectivity index (χ4v) is 2.14. The molecule has 8 heteroatoms. The lowest BCUT2D eigenvalue weighted by molar-refractivity contribution is -0.130. The van der Waals surface area contributed by atoms with Gasteiger partial charge in [0.2, 0.25) is 5.91 Å². The molecule has 1 aromatic rings. The molecule has 1 aromatic carbocycles. The first kappa shape index (κ1) is 17.5. The van der Waals surface area contributed by atoms with Crippen molar-refractivity contribution in [3.05, 3.63) is 23.8 Å². The maximum atomic E-state index is 12.4. The summed E-state index contributed by atoms with van der Waals surface area (Å²) in [5.74, 6) is -1.40. The van der Waals surface area contributed by atoms with Crippen LogP contribution < -0.4 is 10.1 Å². The van der Waals surface area contributed by atoms with Gasteiger partial charge in [-0.1, -0.05) is 0 Å². The smallest absolute Gasteiger partial charge is 0.335 e. The van der Waals surface area contributed by atoms with E-state index in [0.717, 1.165) is 5.01 Å². The molecule has 0 spiro atoms. The number of hydrogen-bond acceptors (Lipinski definition) is 5. The summed E-state index contributed by atoms with van der Waals surface area (Å²) in [5, 5.41) is 16.8. The van der Waals surface area contributed by atoms with Crippen molar-refractivity contribution in [2.24, 2.45) is 5.10 Å². The number of rotatable bonds is 5. The van der Waals surface area contributed by atoms with E-state index in [-0.39, 0.29) is 41.8 Å². The van der Waals surface area contributed by atoms with Crippen molar-refractivity contribution >= 4 is 29.2 Å². The molecule has 1 aliphatic rings. The van der Waals surface area contributed by atoms with Crippen LogP contribution in [0.2, 0.25) is 0 Å². The van der Waals surface area contributed by atoms with Crippen molar-refractivity contribution in [3.8, 4) is 5.75 Å². The Kier molecular flexibility index (Phi) is 5.18. The van der Waals surface area contributed by atoms with Crippen molar-refractivity contribution in [1.82, 2.24) is 5.01 Å². The highest BCUT2D eigenvalue weighted by atomic mass is 16.5. The van der Waals surface area contributed by atoms with Crippen LogP contribution in [-0.2, 0) is 9.59 Å². The topological polar surface area (TPSA) is 108 Å². The fourth-order valence-electron chi connectivity index (χ4n) is 2.14. The summed E-state index contributed by atoms with van der Waals surface area (Å²) in [4.78, 5) is 34.9. The van der Waals surface area contributed by atoms with E-state index in [9.17, 15) is 14.4 Å². The number of hydrazone groups is 1. The summed E-state index contributed by atoms with van der Waals surface area (Å²) in [6.45, 7) is 3.64. The number of carbonyl (C=O) groups excluding carboxylic acids is 2. The molecule has 0 fully saturated rings. The van der Waals surface area contributed by atoms with E-state index in [1.54, 1.807) is 0 Å². The zero-order valence-corrected chi connectivity index (χ0v) is 13.7. The number of carbonyl (C=O) groups is 3. The van der Waals surface area contributed by atoms with Crippen molar-refractivity contribution in [2.45, 2.75) is 32.8 Å². The van der Waals surface area contributed by atoms with Crippen LogP contribution in [0, 0.1) is 0 Å². The zero-order valence-electron chi connectivity index (χ0n) is 13.7. The molecule has 1 aliphatic heterocycles. The number of nitrogens with zero attached hydrogens (tertiary/aromatic N) is 2. The van der Waals surface area contributed by atoms with Crippen LogP contribution in [0.4, 0.5) is 5.69 Å². The van der Waals surface area contributed by atoms with E-state index in [2.05, 4.69) is 10.4 Å². The van der Waals surface area contributed by atoms with Gasteiger partial charge in [-0.15, -0.1) is 0 Å². The molecule has 0 aromatic heterocycles. The van der Waals surface area contributed by atoms with Gasteiger partial charge in [-0.3, -0.25) is 9.59 Å². The van der Waals surface area contributed by atoms with Gasteiger partial charge in [0.15, 0.2) is 0 Å². The molecule has 0 unspecified atom stereocenters. The lowest BCUT2D eigenvalue weighted by atomic mass is 10.1. The Balaban J connectivity index is 2.27. The SMILES string of the molecule is CC(C)Oc1ccc(C(=O)O)cc1NC(=O)C1=NN(C)C(=O)CC1. The number of carboxylic acid groups (broad SMARTS) is 1. The Bertz CT molecular complexity index is 712. The second kappa shape index (κ2) is 7.12. The Morgan fingerprint density at radius 2 is 2.04 bits per heavy atom. The summed E-state index contributed by atoms with van der Waals surface area (Å²) in [6, 6.07) is 4.23. The van der Waals surface area contributed by atoms with Crippen LogP contribution >= 0.6 is 0 Å². The van der Waals surface area contributed by atoms with Gasteiger partial charge in [0.05, 0.1) is 17.4 Å². The Hall–Kier alpha value is -2.90. The van der Waals surface area contributed by atoms with E-state index in [0.29, 0.717) is 5.75 Å². The minimum Gasteiger partial charge on any atom is -0.489 e. The van der Waals surface area contributed by atoms with E-state index in [1.165, 1.54) is 25.2 Å². The molecular formula is C16H19N3O5. The third kappa shape index (κ3) is 4.09. The first-order chi connectivity index (χ1) is 11.3. The van der Waals surface area contributed by atoms with E-state index in [4.69, 9.17) is 9.84 Å². The van der Waals surface area contributed by atoms with E-state index in [1.807, 2.05) is 13.8 Å². The van der Waals surface area contributed by atoms with E-state index >= 15 is 0 Å². The van der Waals surface area contributed by atoms with Gasteiger partial charge in [-0.25, -0.2) is 9.80 Å². The zero-order chi connectivity index (χ0) is 17.9. The minimum atomic E-state index is -1.11. The highest BCUT2D eigenvalue weighted by molar-refractivity contribution is 6.43. The maximum Gasteiger partial charge on any atom is 0.335 e. The Morgan fingerprint density at radius 1 is 1.33 bits per heavy atom. The third-order valence-corrected chi connectivity index (χ3v) is 3.31. The average Bonchev–Trinajstić information content (AvgIpc) is 2.50. The normalized spacial score (nSPS) is 14.4. The average molecular weight is 333 g/mol. The summed E-state index contributed by atoms with van der Waals surface area (Å²) in [7, 11) is 1.48. The Morgan fingerprint density at radius 3 is 2.62 bits per heavy atom. The first-order valence-electron chi connectivity index (χ1n) is 7.47. The number of nitrogens with one attached hydrogen (secondary N) is 1. The van der Waals surface area contributed by atoms with Crippen LogP contribution in [0.3, 0.4) is 0 Å². The monoisotopic (exact) mass is 333 g/mol. The van der Waals surface area contributed by atoms with Crippen LogP contribution in [-0.4, -0.2) is 46.8 Å². The van der Waals surface area contributed by atoms with Crippen LogP contribution in [0.5, 0.6) is 5.75 Å². The summed E-state index contributed by atoms with van der Waals surface area (Å²) in [5.41, 5.74) is 0.475. The number of hydrogen-bond donors (Lipinski definition) is 2. The molecule has 0 aliphatic carbocycles. The number of amides is 2. The number of carboxylic acids is 1. The van der Waals surface area contributed by atoms with Gasteiger partial charge in [0.25, 0.3) is 5.91 Å². The molecule has 0 radical (unpaired) electrons. The number of anilines is 1. The van der Waals surface area contributed by atoms with Crippen molar-refractivity contribution in [2.75, 3.05) is 12.4 Å². The van der Waals surface area contributed by atoms with Gasteiger partial charge in [0, 0.05) is 19.9 Å². The molecule has 8 nitrogen and oxygen atoms in total. The van der Waals surface area contributed by atoms with Crippen molar-refractivity contribution in [1.29, 1.82) is 0 Å². The second-order valence-electron chi connectivity index (χ2n) is 5.60. The van der Waals surface area contributed by atoms with Crippen molar-refractivity contribution < 1.29 is 24.2 Å². The molecule has 24 heavy (non-hydrogen) atoms. The number of benzene rings is 1. The summed E-state index contributed by atoms with van der Waals surface area (Å²) in [6.07, 6.45) is 0.286. The van der Waals surface area contributed by atoms with E-state index < -0.39 is 11.9 Å². The predicted octanol–water partition coefficient (Wildman–Crippen LogP) is 1.72. The number of aromatic carboxylic acids is 1. The van der Waals surface area contributed by atoms with Gasteiger partial charge in [-0.05, 0) is 32.0 Å². The molecule has 1 heterocycles. The molecule has 128 valence electrons. The highest BCUT2D eigenvalue weighted by Gasteiger charge is 2.23. The molecule has 0 atom stereocenters. The standard InChI is InChI=1S/C16H19N3O5/c1-9(2)24-13-6-4-10(16(22)23)8-12(13)17-15(21)11-5-7-14(20)19(3)18-11/h4,6,8-9H,5,7H2,1-3H3,(H,17,21)(H,22,23). The Labute approximate surface area is 139 Å². The maximum absolute atomic E-state index is 12.4. The lowest BCUT2D eigenvalue weighted by Gasteiger charge is -2.20. The lowest BCUT2D eigenvalue weighted by Crippen LogP contribution is -2.34. The summed E-state index contributed by atoms with van der Waals surface area (Å²) < 4.78 is 5.59.